The molecule has 5 nitrogen and oxygen atoms in total. The summed E-state index contributed by atoms with van der Waals surface area (Å²) in [6.07, 6.45) is 1.19. The molecule has 1 aromatic carbocycles. The second kappa shape index (κ2) is 5.18. The highest BCUT2D eigenvalue weighted by Crippen LogP contribution is 2.29. The van der Waals surface area contributed by atoms with Crippen molar-refractivity contribution in [2.24, 2.45) is 0 Å². The van der Waals surface area contributed by atoms with Crippen molar-refractivity contribution in [3.8, 4) is 0 Å². The Bertz CT molecular complexity index is 600. The zero-order valence-corrected chi connectivity index (χ0v) is 12.0. The molecule has 2 atom stereocenters. The normalized spacial score (nSPS) is 29.6. The third-order valence-corrected chi connectivity index (χ3v) is 5.76. The number of hydrogen-bond donors (Lipinski definition) is 1. The van der Waals surface area contributed by atoms with Gasteiger partial charge in [-0.2, -0.15) is 0 Å². The second-order valence-electron chi connectivity index (χ2n) is 5.41. The van der Waals surface area contributed by atoms with Gasteiger partial charge in [-0.1, -0.05) is 30.3 Å². The lowest BCUT2D eigenvalue weighted by atomic mass is 10.1. The van der Waals surface area contributed by atoms with Crippen molar-refractivity contribution in [1.82, 2.24) is 10.2 Å². The molecule has 20 heavy (non-hydrogen) atoms. The smallest absolute Gasteiger partial charge is 0.238 e. The molecule has 1 amide bonds. The first-order chi connectivity index (χ1) is 9.57. The van der Waals surface area contributed by atoms with Crippen LogP contribution in [-0.2, 0) is 14.6 Å². The van der Waals surface area contributed by atoms with Crippen LogP contribution in [0.4, 0.5) is 0 Å². The predicted molar refractivity (Wildman–Crippen MR) is 75.7 cm³/mol. The quantitative estimate of drug-likeness (QED) is 0.872. The summed E-state index contributed by atoms with van der Waals surface area (Å²) in [4.78, 5) is 13.9. The number of nitrogens with one attached hydrogen (secondary N) is 1. The van der Waals surface area contributed by atoms with Gasteiger partial charge < -0.3 is 4.90 Å². The molecule has 0 spiro atoms. The number of nitrogens with zero attached hydrogens (tertiary/aromatic N) is 1. The number of carbonyl (C=O) groups excluding carboxylic acids is 1. The van der Waals surface area contributed by atoms with E-state index in [9.17, 15) is 13.2 Å². The Hall–Kier alpha value is -1.40. The first-order valence-electron chi connectivity index (χ1n) is 6.87. The zero-order chi connectivity index (χ0) is 14.2. The Morgan fingerprint density at radius 3 is 2.65 bits per heavy atom. The van der Waals surface area contributed by atoms with E-state index in [1.807, 2.05) is 30.3 Å². The number of rotatable bonds is 2. The van der Waals surface area contributed by atoms with Crippen LogP contribution < -0.4 is 5.32 Å². The molecule has 1 N–H and O–H groups in total. The third-order valence-electron chi connectivity index (χ3n) is 3.96. The van der Waals surface area contributed by atoms with Crippen molar-refractivity contribution in [2.45, 2.75) is 25.0 Å². The molecular formula is C14H18N2O3S. The van der Waals surface area contributed by atoms with E-state index in [0.29, 0.717) is 6.42 Å². The van der Waals surface area contributed by atoms with Gasteiger partial charge in [0.05, 0.1) is 18.1 Å². The van der Waals surface area contributed by atoms with Crippen molar-refractivity contribution in [3.63, 3.8) is 0 Å². The molecule has 6 heteroatoms. The van der Waals surface area contributed by atoms with E-state index in [2.05, 4.69) is 5.32 Å². The van der Waals surface area contributed by atoms with E-state index in [4.69, 9.17) is 0 Å². The minimum atomic E-state index is -3.02. The van der Waals surface area contributed by atoms with E-state index in [-0.39, 0.29) is 36.2 Å². The summed E-state index contributed by atoms with van der Waals surface area (Å²) < 4.78 is 23.6. The Labute approximate surface area is 118 Å². The van der Waals surface area contributed by atoms with E-state index in [0.717, 1.165) is 12.0 Å². The summed E-state index contributed by atoms with van der Waals surface area (Å²) >= 11 is 0. The maximum atomic E-state index is 12.1. The largest absolute Gasteiger partial charge is 0.318 e. The Balaban J connectivity index is 1.87. The fourth-order valence-electron chi connectivity index (χ4n) is 3.06. The van der Waals surface area contributed by atoms with E-state index >= 15 is 0 Å². The number of hydrogen-bond acceptors (Lipinski definition) is 4. The van der Waals surface area contributed by atoms with Gasteiger partial charge >= 0.3 is 0 Å². The first-order valence-corrected chi connectivity index (χ1v) is 8.69. The van der Waals surface area contributed by atoms with Crippen LogP contribution in [0.25, 0.3) is 0 Å². The first kappa shape index (κ1) is 13.6. The molecule has 0 aromatic heterocycles. The number of carbonyl (C=O) groups is 1. The van der Waals surface area contributed by atoms with Gasteiger partial charge in [0.15, 0.2) is 9.84 Å². The van der Waals surface area contributed by atoms with Crippen molar-refractivity contribution in [3.05, 3.63) is 35.9 Å². The highest BCUT2D eigenvalue weighted by molar-refractivity contribution is 7.91. The van der Waals surface area contributed by atoms with E-state index in [1.54, 1.807) is 4.90 Å². The van der Waals surface area contributed by atoms with E-state index < -0.39 is 9.84 Å². The monoisotopic (exact) mass is 294 g/mol. The van der Waals surface area contributed by atoms with Gasteiger partial charge in [0, 0.05) is 6.04 Å². The van der Waals surface area contributed by atoms with Crippen LogP contribution >= 0.6 is 0 Å². The lowest BCUT2D eigenvalue weighted by Gasteiger charge is -2.35. The highest BCUT2D eigenvalue weighted by atomic mass is 32.2. The standard InChI is InChI=1S/C14H18N2O3S/c17-13-9-15-14(11-5-2-1-3-6-11)16(13)12-7-4-8-20(18,19)10-12/h1-3,5-6,12,14-15H,4,7-10H2. The Morgan fingerprint density at radius 1 is 1.20 bits per heavy atom. The van der Waals surface area contributed by atoms with E-state index in [1.165, 1.54) is 0 Å². The van der Waals surface area contributed by atoms with Gasteiger partial charge in [0.1, 0.15) is 6.17 Å². The molecule has 2 aliphatic heterocycles. The van der Waals surface area contributed by atoms with Gasteiger partial charge in [-0.05, 0) is 18.4 Å². The average Bonchev–Trinajstić information content (AvgIpc) is 2.80. The highest BCUT2D eigenvalue weighted by Gasteiger charge is 2.39. The zero-order valence-electron chi connectivity index (χ0n) is 11.2. The van der Waals surface area contributed by atoms with Gasteiger partial charge in [0.2, 0.25) is 5.91 Å². The van der Waals surface area contributed by atoms with Gasteiger partial charge in [-0.3, -0.25) is 10.1 Å². The molecule has 0 aliphatic carbocycles. The molecule has 2 aliphatic rings. The van der Waals surface area contributed by atoms with Crippen molar-refractivity contribution < 1.29 is 13.2 Å². The summed E-state index contributed by atoms with van der Waals surface area (Å²) in [5.74, 6) is 0.319. The summed E-state index contributed by atoms with van der Waals surface area (Å²) in [5.41, 5.74) is 1.00. The van der Waals surface area contributed by atoms with Gasteiger partial charge in [-0.15, -0.1) is 0 Å². The fraction of sp³-hybridized carbons (Fsp3) is 0.500. The molecule has 2 saturated heterocycles. The minimum absolute atomic E-state index is 0.0130. The molecule has 0 saturated carbocycles. The van der Waals surface area contributed by atoms with Crippen LogP contribution in [0.2, 0.25) is 0 Å². The van der Waals surface area contributed by atoms with Crippen LogP contribution in [0.5, 0.6) is 0 Å². The molecule has 108 valence electrons. The summed E-state index contributed by atoms with van der Waals surface area (Å²) in [7, 11) is -3.02. The average molecular weight is 294 g/mol. The second-order valence-corrected chi connectivity index (χ2v) is 7.63. The lowest BCUT2D eigenvalue weighted by molar-refractivity contribution is -0.130. The summed E-state index contributed by atoms with van der Waals surface area (Å²) in [5, 5.41) is 3.18. The van der Waals surface area contributed by atoms with Crippen LogP contribution in [0.1, 0.15) is 24.6 Å². The van der Waals surface area contributed by atoms with Crippen LogP contribution in [0.3, 0.4) is 0 Å². The van der Waals surface area contributed by atoms with Crippen LogP contribution in [0, 0.1) is 0 Å². The summed E-state index contributed by atoms with van der Waals surface area (Å²) in [6, 6.07) is 9.49. The number of sulfone groups is 1. The molecule has 1 aromatic rings. The Morgan fingerprint density at radius 2 is 1.95 bits per heavy atom. The summed E-state index contributed by atoms with van der Waals surface area (Å²) in [6.45, 7) is 0.274. The Kier molecular flexibility index (Phi) is 3.52. The van der Waals surface area contributed by atoms with Crippen molar-refractivity contribution in [1.29, 1.82) is 0 Å². The van der Waals surface area contributed by atoms with Crippen molar-refractivity contribution in [2.75, 3.05) is 18.1 Å². The van der Waals surface area contributed by atoms with Gasteiger partial charge in [0.25, 0.3) is 0 Å². The number of amides is 1. The molecule has 3 rings (SSSR count). The molecule has 2 unspecified atom stereocenters. The molecule has 2 fully saturated rings. The molecular weight excluding hydrogens is 276 g/mol. The third kappa shape index (κ3) is 2.58. The van der Waals surface area contributed by atoms with Crippen LogP contribution in [-0.4, -0.2) is 43.3 Å². The predicted octanol–water partition coefficient (Wildman–Crippen LogP) is 0.694. The molecule has 0 radical (unpaired) electrons. The van der Waals surface area contributed by atoms with Gasteiger partial charge in [-0.25, -0.2) is 8.42 Å². The lowest BCUT2D eigenvalue weighted by Crippen LogP contribution is -2.46. The topological polar surface area (TPSA) is 66.5 Å². The maximum absolute atomic E-state index is 12.1. The van der Waals surface area contributed by atoms with Crippen LogP contribution in [0.15, 0.2) is 30.3 Å². The molecule has 0 bridgehead atoms. The molecule has 2 heterocycles. The van der Waals surface area contributed by atoms with Crippen molar-refractivity contribution >= 4 is 15.7 Å². The maximum Gasteiger partial charge on any atom is 0.238 e. The fourth-order valence-corrected chi connectivity index (χ4v) is 4.75. The number of benzene rings is 1. The SMILES string of the molecule is O=C1CNC(c2ccccc2)N1C1CCCS(=O)(=O)C1. The minimum Gasteiger partial charge on any atom is -0.318 e.